The number of aromatic nitrogens is 3. The Labute approximate surface area is 149 Å². The van der Waals surface area contributed by atoms with Crippen LogP contribution in [0.3, 0.4) is 0 Å². The molecule has 0 spiro atoms. The van der Waals surface area contributed by atoms with Gasteiger partial charge in [0.15, 0.2) is 0 Å². The fourth-order valence-electron chi connectivity index (χ4n) is 3.19. The number of rotatable bonds is 4. The molecule has 0 saturated carbocycles. The maximum absolute atomic E-state index is 13.0. The summed E-state index contributed by atoms with van der Waals surface area (Å²) in [5, 5.41) is 0. The lowest BCUT2D eigenvalue weighted by molar-refractivity contribution is 0.0708. The third-order valence-electron chi connectivity index (χ3n) is 4.44. The average Bonchev–Trinajstić information content (AvgIpc) is 3.33. The lowest BCUT2D eigenvalue weighted by Crippen LogP contribution is -2.31. The predicted octanol–water partition coefficient (Wildman–Crippen LogP) is 3.17. The minimum Gasteiger partial charge on any atom is -0.443 e. The zero-order valence-corrected chi connectivity index (χ0v) is 14.0. The summed E-state index contributed by atoms with van der Waals surface area (Å²) >= 11 is 0. The summed E-state index contributed by atoms with van der Waals surface area (Å²) in [6.07, 6.45) is 8.38. The molecule has 132 valence electrons. The molecule has 0 unspecified atom stereocenters. The van der Waals surface area contributed by atoms with Gasteiger partial charge in [-0.2, -0.15) is 0 Å². The van der Waals surface area contributed by atoms with Crippen molar-refractivity contribution in [1.29, 1.82) is 0 Å². The van der Waals surface area contributed by atoms with Gasteiger partial charge in [-0.05, 0) is 30.5 Å². The third kappa shape index (κ3) is 3.33. The summed E-state index contributed by atoms with van der Waals surface area (Å²) in [6, 6.07) is 6.08. The molecule has 1 saturated heterocycles. The quantitative estimate of drug-likeness (QED) is 0.721. The molecule has 2 aromatic heterocycles. The summed E-state index contributed by atoms with van der Waals surface area (Å²) in [6.45, 7) is 0.635. The summed E-state index contributed by atoms with van der Waals surface area (Å²) < 4.78 is 18.9. The summed E-state index contributed by atoms with van der Waals surface area (Å²) in [5.74, 6) is 0.775. The second-order valence-corrected chi connectivity index (χ2v) is 6.22. The van der Waals surface area contributed by atoms with E-state index in [2.05, 4.69) is 15.0 Å². The van der Waals surface area contributed by atoms with E-state index in [1.165, 1.54) is 30.7 Å². The lowest BCUT2D eigenvalue weighted by atomic mass is 10.1. The topological polar surface area (TPSA) is 72.1 Å². The monoisotopic (exact) mass is 352 g/mol. The molecule has 0 N–H and O–H groups in total. The number of hydrogen-bond donors (Lipinski definition) is 0. The molecular weight excluding hydrogens is 335 g/mol. The van der Waals surface area contributed by atoms with Gasteiger partial charge in [0.05, 0.1) is 12.4 Å². The van der Waals surface area contributed by atoms with Crippen LogP contribution >= 0.6 is 0 Å². The van der Waals surface area contributed by atoms with Crippen LogP contribution in [0.2, 0.25) is 0 Å². The van der Waals surface area contributed by atoms with E-state index in [0.717, 1.165) is 18.4 Å². The van der Waals surface area contributed by atoms with Crippen molar-refractivity contribution in [3.8, 4) is 0 Å². The Morgan fingerprint density at radius 1 is 1.19 bits per heavy atom. The standard InChI is InChI=1S/C19H17FN4O2/c20-14-5-3-13(4-6-14)10-15-11-23-18(26-15)17-2-1-9-24(17)19(25)16-12-21-7-8-22-16/h3-8,11-12,17H,1-2,9-10H2/t17-/m1/s1. The SMILES string of the molecule is O=C(c1cnccn1)N1CCC[C@@H]1c1ncc(Cc2ccc(F)cc2)o1. The van der Waals surface area contributed by atoms with Crippen molar-refractivity contribution < 1.29 is 13.6 Å². The zero-order valence-electron chi connectivity index (χ0n) is 14.0. The van der Waals surface area contributed by atoms with E-state index in [0.29, 0.717) is 30.3 Å². The Bertz CT molecular complexity index is 895. The van der Waals surface area contributed by atoms with E-state index in [4.69, 9.17) is 4.42 Å². The first-order valence-electron chi connectivity index (χ1n) is 8.47. The first-order valence-corrected chi connectivity index (χ1v) is 8.47. The van der Waals surface area contributed by atoms with E-state index in [9.17, 15) is 9.18 Å². The molecule has 4 rings (SSSR count). The number of carbonyl (C=O) groups excluding carboxylic acids is 1. The number of benzene rings is 1. The minimum atomic E-state index is -0.267. The Balaban J connectivity index is 1.51. The first-order chi connectivity index (χ1) is 12.7. The number of nitrogens with zero attached hydrogens (tertiary/aromatic N) is 4. The van der Waals surface area contributed by atoms with Gasteiger partial charge in [0.2, 0.25) is 5.89 Å². The Kier molecular flexibility index (Phi) is 4.43. The van der Waals surface area contributed by atoms with Crippen LogP contribution in [0.15, 0.2) is 53.5 Å². The molecule has 3 aromatic rings. The van der Waals surface area contributed by atoms with Crippen LogP contribution < -0.4 is 0 Å². The molecule has 1 aliphatic rings. The summed E-state index contributed by atoms with van der Waals surface area (Å²) in [5.41, 5.74) is 1.26. The molecule has 0 bridgehead atoms. The number of carbonyl (C=O) groups is 1. The maximum atomic E-state index is 13.0. The van der Waals surface area contributed by atoms with E-state index < -0.39 is 0 Å². The average molecular weight is 352 g/mol. The fraction of sp³-hybridized carbons (Fsp3) is 0.263. The smallest absolute Gasteiger partial charge is 0.274 e. The van der Waals surface area contributed by atoms with Crippen LogP contribution in [0.25, 0.3) is 0 Å². The highest BCUT2D eigenvalue weighted by Gasteiger charge is 2.34. The molecule has 1 aromatic carbocycles. The third-order valence-corrected chi connectivity index (χ3v) is 4.44. The van der Waals surface area contributed by atoms with Gasteiger partial charge in [-0.3, -0.25) is 9.78 Å². The first kappa shape index (κ1) is 16.4. The summed E-state index contributed by atoms with van der Waals surface area (Å²) in [4.78, 5) is 26.8. The van der Waals surface area contributed by atoms with Gasteiger partial charge in [0.1, 0.15) is 23.3 Å². The molecule has 3 heterocycles. The molecule has 1 atom stereocenters. The van der Waals surface area contributed by atoms with Gasteiger partial charge in [0, 0.05) is 25.4 Å². The van der Waals surface area contributed by atoms with E-state index >= 15 is 0 Å². The highest BCUT2D eigenvalue weighted by molar-refractivity contribution is 5.92. The normalized spacial score (nSPS) is 16.8. The molecule has 0 radical (unpaired) electrons. The van der Waals surface area contributed by atoms with Crippen LogP contribution in [-0.2, 0) is 6.42 Å². The molecule has 1 amide bonds. The number of amides is 1. The van der Waals surface area contributed by atoms with Gasteiger partial charge in [-0.25, -0.2) is 14.4 Å². The Hall–Kier alpha value is -3.09. The number of likely N-dealkylation sites (tertiary alicyclic amines) is 1. The minimum absolute atomic E-state index is 0.168. The maximum Gasteiger partial charge on any atom is 0.274 e. The Morgan fingerprint density at radius 3 is 2.81 bits per heavy atom. The van der Waals surface area contributed by atoms with Crippen molar-refractivity contribution in [2.24, 2.45) is 0 Å². The number of oxazole rings is 1. The lowest BCUT2D eigenvalue weighted by Gasteiger charge is -2.21. The molecule has 0 aliphatic carbocycles. The Morgan fingerprint density at radius 2 is 2.04 bits per heavy atom. The van der Waals surface area contributed by atoms with Crippen molar-refractivity contribution in [3.05, 3.63) is 77.8 Å². The van der Waals surface area contributed by atoms with E-state index in [1.807, 2.05) is 0 Å². The molecule has 1 fully saturated rings. The van der Waals surface area contributed by atoms with Crippen LogP contribution in [0, 0.1) is 5.82 Å². The van der Waals surface area contributed by atoms with Crippen molar-refractivity contribution in [2.75, 3.05) is 6.54 Å². The van der Waals surface area contributed by atoms with Crippen LogP contribution in [0.4, 0.5) is 4.39 Å². The van der Waals surface area contributed by atoms with Crippen LogP contribution in [-0.4, -0.2) is 32.3 Å². The van der Waals surface area contributed by atoms with Gasteiger partial charge in [0.25, 0.3) is 5.91 Å². The van der Waals surface area contributed by atoms with Crippen LogP contribution in [0.5, 0.6) is 0 Å². The van der Waals surface area contributed by atoms with Gasteiger partial charge < -0.3 is 9.32 Å². The number of hydrogen-bond acceptors (Lipinski definition) is 5. The van der Waals surface area contributed by atoms with Gasteiger partial charge in [-0.1, -0.05) is 12.1 Å². The van der Waals surface area contributed by atoms with Gasteiger partial charge in [-0.15, -0.1) is 0 Å². The van der Waals surface area contributed by atoms with Crippen molar-refractivity contribution in [1.82, 2.24) is 19.9 Å². The van der Waals surface area contributed by atoms with Crippen molar-refractivity contribution >= 4 is 5.91 Å². The highest BCUT2D eigenvalue weighted by atomic mass is 19.1. The number of halogens is 1. The second kappa shape index (κ2) is 7.03. The van der Waals surface area contributed by atoms with Crippen molar-refractivity contribution in [3.63, 3.8) is 0 Å². The molecule has 1 aliphatic heterocycles. The summed E-state index contributed by atoms with van der Waals surface area (Å²) in [7, 11) is 0. The molecule has 7 heteroatoms. The zero-order chi connectivity index (χ0) is 17.9. The van der Waals surface area contributed by atoms with Gasteiger partial charge >= 0.3 is 0 Å². The molecule has 6 nitrogen and oxygen atoms in total. The molecule has 26 heavy (non-hydrogen) atoms. The largest absolute Gasteiger partial charge is 0.443 e. The fourth-order valence-corrected chi connectivity index (χ4v) is 3.19. The van der Waals surface area contributed by atoms with Crippen molar-refractivity contribution in [2.45, 2.75) is 25.3 Å². The van der Waals surface area contributed by atoms with E-state index in [-0.39, 0.29) is 17.8 Å². The predicted molar refractivity (Wildman–Crippen MR) is 90.8 cm³/mol. The second-order valence-electron chi connectivity index (χ2n) is 6.22. The van der Waals surface area contributed by atoms with Crippen LogP contribution in [0.1, 0.15) is 46.6 Å². The molecular formula is C19H17FN4O2. The van der Waals surface area contributed by atoms with E-state index in [1.54, 1.807) is 23.2 Å². The highest BCUT2D eigenvalue weighted by Crippen LogP contribution is 2.32.